The molecule has 22 N–H and O–H groups in total. The third kappa shape index (κ3) is 15.0. The third-order valence-electron chi connectivity index (χ3n) is 16.6. The third-order valence-corrected chi connectivity index (χ3v) is 16.6. The molecule has 8 aliphatic rings. The molecule has 8 aliphatic heterocycles. The van der Waals surface area contributed by atoms with Gasteiger partial charge >= 0.3 is 17.5 Å². The van der Waals surface area contributed by atoms with Gasteiger partial charge in [0.2, 0.25) is 12.5 Å². The summed E-state index contributed by atoms with van der Waals surface area (Å²) in [6.07, 6.45) is -3.84. The van der Waals surface area contributed by atoms with Gasteiger partial charge in [-0.15, -0.1) is 13.0 Å². The van der Waals surface area contributed by atoms with Gasteiger partial charge in [-0.2, -0.15) is 22.5 Å². The Hall–Kier alpha value is -9.14. The molecule has 0 radical (unpaired) electrons. The maximum atomic E-state index is 14.5. The number of alkyl halides is 6. The molecule has 5 fully saturated rings. The van der Waals surface area contributed by atoms with E-state index >= 15 is 0 Å². The number of nitrogens with two attached hydrogens (primary N) is 5. The van der Waals surface area contributed by atoms with Crippen molar-refractivity contribution in [3.05, 3.63) is 138 Å². The molecule has 43 heteroatoms. The van der Waals surface area contributed by atoms with Gasteiger partial charge in [-0.3, -0.25) is 9.13 Å². The maximum Gasteiger partial charge on any atom is 0.351 e. The summed E-state index contributed by atoms with van der Waals surface area (Å²) in [5, 5.41) is 119. The van der Waals surface area contributed by atoms with Crippen LogP contribution in [0.4, 0.5) is 37.8 Å². The number of fused-ring (bicyclic) bond motifs is 1. The molecule has 0 spiro atoms. The standard InChI is InChI=1S/C13H17F2N3O3.C12H15FN4O4.C11H15F2N3O3.C11H15FN6O3.C11H13N3O5/c1-3-5-12(7-19)10(20)13(14,15)11(21-12)18-6-4-9(16)17-8(18)2;13-4-12(20)9(19)7(3-18)21-11(12)17-5-16-8-6(14)1-2-15-10(8)17;1-6-15-7(14)3-4-16(6)9-11(12,13)8(18)10(2,5-17)19-9;1-6-16-7(13)2-3-18(6)10-8(12)9(20)11(5-19,21-10)4-15-17-14;1-2-11(5-15)8(17)7(16)9(19-11)14-4-3-6(12)13-10(14)18/h3-4,6,10-11,19-20H,1-2,5,7H2,(H2,16,17);1-2,5,7,9,11,18-20H,3-4H2,(H2,14,15);3-4,8-9,17-18H,1,5H2,2H3,(H2,14,15);2-3,8-10,19-20H,1,4-5H2,(H2,13,16);1,3-4,7-9,15-17H,5H2,(H2,12,13,18)/t10-,11-,12-;7-,9-,11-,12-;8-,9-,10-;8-,9+,10-,11-;7-,8+,9-,11-/m11111/s1/i;;;5D2;. The highest BCUT2D eigenvalue weighted by Crippen LogP contribution is 2.48. The number of azide groups is 1. The molecular weight excluding hydrogens is 1360 g/mol. The highest BCUT2D eigenvalue weighted by atomic mass is 19.3. The minimum absolute atomic E-state index is 0.00272. The Morgan fingerprint density at radius 2 is 1.33 bits per heavy atom. The van der Waals surface area contributed by atoms with Crippen LogP contribution in [0.2, 0.25) is 0 Å². The lowest BCUT2D eigenvalue weighted by molar-refractivity contribution is -0.154. The van der Waals surface area contributed by atoms with Crippen LogP contribution in [-0.2, 0) is 23.7 Å². The molecule has 11 rings (SSSR count). The molecule has 0 unspecified atom stereocenters. The number of aromatic nitrogens is 5. The Bertz CT molecular complexity index is 4010. The predicted octanol–water partition coefficient (Wildman–Crippen LogP) is -3.80. The van der Waals surface area contributed by atoms with E-state index in [1.807, 2.05) is 0 Å². The number of pyridine rings is 1. The zero-order valence-corrected chi connectivity index (χ0v) is 53.0. The van der Waals surface area contributed by atoms with Crippen LogP contribution in [0.15, 0.2) is 142 Å². The SMILES string of the molecule is C#C[C@]1(CO)O[C@@H](n2ccc(N)nc2=O)[C@H](O)[C@@H]1O.C=C1N=C(N)C=CN1[C@@H]1O[C@](C)(CO)[C@@H](O)C1(F)F.C=CC[C@]1(CO)O[C@@H](N2C=CC(N)=NC2=C)C(F)(F)[C@@H]1O.Nc1ccnc2c1ncn2[C@@H]1O[C@H](CO)[C@@H](O)[C@]1(O)CF.[2H]C([2H])(O)[C@@]1(CN=[N+]=[N-])O[C@@H](N2C=CC(N)=NC2=C)[C@H](F)[C@@H]1O. The normalized spacial score (nSPS) is 35.4. The number of amidine groups is 3. The molecule has 552 valence electrons. The lowest BCUT2D eigenvalue weighted by Gasteiger charge is -2.32. The van der Waals surface area contributed by atoms with Crippen molar-refractivity contribution in [1.82, 2.24) is 38.8 Å². The molecule has 101 heavy (non-hydrogen) atoms. The topological polar surface area (TPSA) is 580 Å². The number of aliphatic hydroxyl groups excluding tert-OH is 10. The summed E-state index contributed by atoms with van der Waals surface area (Å²) >= 11 is 0. The number of ether oxygens (including phenoxy) is 5. The number of terminal acetylenes is 1. The van der Waals surface area contributed by atoms with Gasteiger partial charge < -0.3 is 128 Å². The first-order valence-corrected chi connectivity index (χ1v) is 29.4. The molecular formula is C58H75F6N19O18. The van der Waals surface area contributed by atoms with Crippen LogP contribution in [0.1, 0.15) is 28.5 Å². The van der Waals surface area contributed by atoms with Gasteiger partial charge in [-0.1, -0.05) is 36.8 Å². The van der Waals surface area contributed by atoms with Gasteiger partial charge in [0.25, 0.3) is 0 Å². The number of aliphatic imine (C=N–C) groups is 3. The fraction of sp³-hybridized carbons (Fsp3) is 0.500. The number of imidazole rings is 1. The second kappa shape index (κ2) is 31.0. The second-order valence-corrected chi connectivity index (χ2v) is 23.3. The van der Waals surface area contributed by atoms with E-state index in [1.165, 1.54) is 79.2 Å². The number of nitrogen functional groups attached to an aromatic ring is 2. The number of anilines is 2. The smallest absolute Gasteiger partial charge is 0.351 e. The number of hydrogen-bond acceptors (Lipinski definition) is 33. The number of hydrogen-bond donors (Lipinski definition) is 17. The first kappa shape index (κ1) is 76.0. The average molecular weight is 1440 g/mol. The summed E-state index contributed by atoms with van der Waals surface area (Å²) < 4.78 is 128. The molecule has 3 aromatic rings. The summed E-state index contributed by atoms with van der Waals surface area (Å²) in [7, 11) is 0. The lowest BCUT2D eigenvalue weighted by Crippen LogP contribution is -2.50. The van der Waals surface area contributed by atoms with Crippen molar-refractivity contribution in [1.29, 1.82) is 0 Å². The van der Waals surface area contributed by atoms with E-state index in [2.05, 4.69) is 72.2 Å². The minimum atomic E-state index is -3.64. The van der Waals surface area contributed by atoms with Crippen molar-refractivity contribution < 1.29 is 114 Å². The first-order valence-electron chi connectivity index (χ1n) is 30.4. The fourth-order valence-corrected chi connectivity index (χ4v) is 10.9. The molecule has 0 aromatic carbocycles. The quantitative estimate of drug-likeness (QED) is 0.0173. The van der Waals surface area contributed by atoms with Crippen molar-refractivity contribution in [2.45, 2.75) is 133 Å². The second-order valence-electron chi connectivity index (χ2n) is 23.3. The summed E-state index contributed by atoms with van der Waals surface area (Å²) in [4.78, 5) is 40.1. The summed E-state index contributed by atoms with van der Waals surface area (Å²) in [6.45, 7) is 7.22. The van der Waals surface area contributed by atoms with Crippen LogP contribution in [0.25, 0.3) is 21.6 Å². The number of halogens is 6. The molecule has 11 heterocycles. The van der Waals surface area contributed by atoms with Gasteiger partial charge in [-0.05, 0) is 49.2 Å². The van der Waals surface area contributed by atoms with E-state index < -0.39 is 172 Å². The first-order chi connectivity index (χ1) is 48.1. The minimum Gasteiger partial charge on any atom is -0.397 e. The van der Waals surface area contributed by atoms with Crippen LogP contribution in [0.3, 0.4) is 0 Å². The summed E-state index contributed by atoms with van der Waals surface area (Å²) in [5.41, 5.74) is 26.1. The molecule has 3 aromatic heterocycles. The monoisotopic (exact) mass is 1440 g/mol. The Labute approximate surface area is 570 Å². The van der Waals surface area contributed by atoms with Crippen LogP contribution in [0, 0.1) is 12.3 Å². The molecule has 18 atom stereocenters. The van der Waals surface area contributed by atoms with E-state index in [4.69, 9.17) is 77.3 Å². The fourth-order valence-electron chi connectivity index (χ4n) is 10.9. The number of nitrogens with zero attached hydrogens (tertiary/aromatic N) is 14. The van der Waals surface area contributed by atoms with Crippen molar-refractivity contribution in [2.24, 2.45) is 37.3 Å². The van der Waals surface area contributed by atoms with Gasteiger partial charge in [0.1, 0.15) is 100 Å². The molecule has 0 amide bonds. The van der Waals surface area contributed by atoms with Gasteiger partial charge in [0.05, 0.1) is 54.3 Å². The van der Waals surface area contributed by atoms with Crippen LogP contribution >= 0.6 is 0 Å². The van der Waals surface area contributed by atoms with E-state index in [9.17, 15) is 82.2 Å². The van der Waals surface area contributed by atoms with Crippen molar-refractivity contribution in [3.8, 4) is 12.3 Å². The maximum absolute atomic E-state index is 14.5. The lowest BCUT2D eigenvalue weighted by atomic mass is 9.92. The number of aliphatic hydroxyl groups is 12. The Kier molecular flexibility index (Phi) is 23.3. The average Bonchev–Trinajstić information content (AvgIpc) is 1.61. The van der Waals surface area contributed by atoms with E-state index in [1.54, 1.807) is 6.07 Å². The summed E-state index contributed by atoms with van der Waals surface area (Å²) in [6, 6.07) is 2.89. The van der Waals surface area contributed by atoms with E-state index in [0.29, 0.717) is 11.2 Å². The van der Waals surface area contributed by atoms with Crippen molar-refractivity contribution in [3.63, 3.8) is 0 Å². The van der Waals surface area contributed by atoms with Crippen LogP contribution in [-0.4, -0.2) is 271 Å². The van der Waals surface area contributed by atoms with Gasteiger partial charge in [0.15, 0.2) is 53.9 Å². The molecule has 0 bridgehead atoms. The molecule has 0 aliphatic carbocycles. The van der Waals surface area contributed by atoms with Crippen LogP contribution < -0.4 is 34.4 Å². The highest BCUT2D eigenvalue weighted by Gasteiger charge is 2.68. The van der Waals surface area contributed by atoms with E-state index in [0.717, 1.165) is 19.3 Å². The molecule has 37 nitrogen and oxygen atoms in total. The van der Waals surface area contributed by atoms with Gasteiger partial charge in [-0.25, -0.2) is 38.5 Å². The highest BCUT2D eigenvalue weighted by molar-refractivity contribution is 5.93. The van der Waals surface area contributed by atoms with Gasteiger partial charge in [0, 0.05) is 35.9 Å². The van der Waals surface area contributed by atoms with E-state index in [-0.39, 0.29) is 52.9 Å². The predicted molar refractivity (Wildman–Crippen MR) is 340 cm³/mol. The van der Waals surface area contributed by atoms with Crippen LogP contribution in [0.5, 0.6) is 0 Å². The Morgan fingerprint density at radius 3 is 1.79 bits per heavy atom. The zero-order chi connectivity index (χ0) is 77.1. The Balaban J connectivity index is 0.000000181. The molecule has 5 saturated heterocycles. The zero-order valence-electron chi connectivity index (χ0n) is 55.0. The number of rotatable bonds is 15. The molecule has 0 saturated carbocycles. The summed E-state index contributed by atoms with van der Waals surface area (Å²) in [5.74, 6) is -4.81. The van der Waals surface area contributed by atoms with Crippen molar-refractivity contribution in [2.75, 3.05) is 57.7 Å². The largest absolute Gasteiger partial charge is 0.397 e. The van der Waals surface area contributed by atoms with Crippen molar-refractivity contribution >= 4 is 40.2 Å². The Morgan fingerprint density at radius 1 is 0.762 bits per heavy atom.